The number of rotatable bonds is 8. The van der Waals surface area contributed by atoms with Gasteiger partial charge in [0.15, 0.2) is 0 Å². The van der Waals surface area contributed by atoms with Gasteiger partial charge < -0.3 is 39.4 Å². The zero-order chi connectivity index (χ0) is 23.7. The van der Waals surface area contributed by atoms with E-state index in [4.69, 9.17) is 20.4 Å². The fourth-order valence-corrected chi connectivity index (χ4v) is 1.41. The van der Waals surface area contributed by atoms with Crippen molar-refractivity contribution in [3.8, 4) is 0 Å². The van der Waals surface area contributed by atoms with Crippen LogP contribution in [0.5, 0.6) is 0 Å². The minimum absolute atomic E-state index is 0. The summed E-state index contributed by atoms with van der Waals surface area (Å²) in [6.07, 6.45) is 0. The molecule has 0 heterocycles. The van der Waals surface area contributed by atoms with Gasteiger partial charge in [-0.3, -0.25) is 0 Å². The Labute approximate surface area is 212 Å². The van der Waals surface area contributed by atoms with Crippen molar-refractivity contribution in [1.29, 1.82) is 0 Å². The molecule has 4 N–H and O–H groups in total. The molecule has 0 aliphatic carbocycles. The van der Waals surface area contributed by atoms with E-state index >= 15 is 0 Å². The van der Waals surface area contributed by atoms with Crippen LogP contribution in [0.3, 0.4) is 0 Å². The molecule has 0 aliphatic rings. The largest absolute Gasteiger partial charge is 0.388 e. The van der Waals surface area contributed by atoms with E-state index in [1.165, 1.54) is 0 Å². The van der Waals surface area contributed by atoms with Gasteiger partial charge in [0.1, 0.15) is 0 Å². The fourth-order valence-electron chi connectivity index (χ4n) is 1.41. The first kappa shape index (κ1) is 40.4. The molecular weight excluding hydrogens is 508 g/mol. The molecule has 0 spiro atoms. The first-order valence-corrected chi connectivity index (χ1v) is 9.10. The average molecular weight is 557 g/mol. The smallest absolute Gasteiger partial charge is 0.0824 e. The molecule has 29 heavy (non-hydrogen) atoms. The van der Waals surface area contributed by atoms with Crippen LogP contribution in [0.2, 0.25) is 0 Å². The molecular formula is C20H48CeO8. The summed E-state index contributed by atoms with van der Waals surface area (Å²) in [7, 11) is 6.27. The molecule has 0 aromatic rings. The van der Waals surface area contributed by atoms with Gasteiger partial charge in [-0.25, -0.2) is 0 Å². The molecule has 0 saturated carbocycles. The molecule has 0 rings (SSSR count). The van der Waals surface area contributed by atoms with E-state index in [9.17, 15) is 0 Å². The zero-order valence-corrected chi connectivity index (χ0v) is 23.9. The molecule has 0 fully saturated rings. The molecule has 9 heteroatoms. The molecule has 0 amide bonds. The fraction of sp³-hybridized carbons (Fsp3) is 1.00. The van der Waals surface area contributed by atoms with Crippen molar-refractivity contribution in [2.24, 2.45) is 0 Å². The van der Waals surface area contributed by atoms with Crippen LogP contribution in [-0.4, -0.2) is 97.7 Å². The van der Waals surface area contributed by atoms with Gasteiger partial charge in [0, 0.05) is 70.2 Å². The SMILES string of the molecule is COCC(C)(C)O.COCC(C)(C)O.COCC(C)(C)O.COCC(C)(C)O.[Ce]. The van der Waals surface area contributed by atoms with Crippen molar-refractivity contribution in [2.75, 3.05) is 54.9 Å². The maximum Gasteiger partial charge on any atom is 0.0824 e. The predicted molar refractivity (Wildman–Crippen MR) is 113 cm³/mol. The molecule has 0 atom stereocenters. The minimum Gasteiger partial charge on any atom is -0.388 e. The van der Waals surface area contributed by atoms with E-state index in [-0.39, 0.29) is 41.7 Å². The van der Waals surface area contributed by atoms with Gasteiger partial charge in [0.2, 0.25) is 0 Å². The van der Waals surface area contributed by atoms with Crippen molar-refractivity contribution in [1.82, 2.24) is 0 Å². The van der Waals surface area contributed by atoms with Gasteiger partial charge in [-0.15, -0.1) is 0 Å². The first-order chi connectivity index (χ1) is 12.2. The molecule has 0 bridgehead atoms. The van der Waals surface area contributed by atoms with E-state index in [1.54, 1.807) is 83.8 Å². The summed E-state index contributed by atoms with van der Waals surface area (Å²) < 4.78 is 18.6. The Kier molecular flexibility index (Phi) is 29.2. The van der Waals surface area contributed by atoms with Crippen LogP contribution < -0.4 is 0 Å². The van der Waals surface area contributed by atoms with E-state index in [2.05, 4.69) is 18.9 Å². The Morgan fingerprint density at radius 3 is 0.517 bits per heavy atom. The van der Waals surface area contributed by atoms with Crippen molar-refractivity contribution in [3.05, 3.63) is 0 Å². The van der Waals surface area contributed by atoms with Gasteiger partial charge in [-0.05, 0) is 55.4 Å². The van der Waals surface area contributed by atoms with E-state index in [0.29, 0.717) is 26.4 Å². The van der Waals surface area contributed by atoms with E-state index in [1.807, 2.05) is 0 Å². The third-order valence-electron chi connectivity index (χ3n) is 1.99. The standard InChI is InChI=1S/4C5H12O2.Ce/c4*1-5(2,6)4-7-3;/h4*6H,4H2,1-3H3;. The van der Waals surface area contributed by atoms with Gasteiger partial charge in [0.05, 0.1) is 48.8 Å². The summed E-state index contributed by atoms with van der Waals surface area (Å²) in [5.74, 6) is 0. The van der Waals surface area contributed by atoms with Crippen LogP contribution >= 0.6 is 0 Å². The molecule has 0 aromatic carbocycles. The first-order valence-electron chi connectivity index (χ1n) is 9.10. The maximum absolute atomic E-state index is 8.89. The summed E-state index contributed by atoms with van der Waals surface area (Å²) in [5, 5.41) is 35.6. The quantitative estimate of drug-likeness (QED) is 0.356. The second-order valence-corrected chi connectivity index (χ2v) is 8.98. The Balaban J connectivity index is -0.0000000873. The third kappa shape index (κ3) is 73.1. The second kappa shape index (κ2) is 20.9. The summed E-state index contributed by atoms with van der Waals surface area (Å²) >= 11 is 0. The Morgan fingerprint density at radius 1 is 0.414 bits per heavy atom. The molecule has 8 nitrogen and oxygen atoms in total. The number of methoxy groups -OCH3 is 4. The molecule has 180 valence electrons. The Bertz CT molecular complexity index is 248. The minimum atomic E-state index is -0.672. The average Bonchev–Trinajstić information content (AvgIpc) is 2.34. The van der Waals surface area contributed by atoms with E-state index in [0.717, 1.165) is 0 Å². The number of aliphatic hydroxyl groups is 4. The molecule has 0 aromatic heterocycles. The number of hydrogen-bond donors (Lipinski definition) is 4. The van der Waals surface area contributed by atoms with Gasteiger partial charge in [-0.1, -0.05) is 0 Å². The van der Waals surface area contributed by atoms with Crippen molar-refractivity contribution >= 4 is 0 Å². The van der Waals surface area contributed by atoms with Gasteiger partial charge in [-0.2, -0.15) is 0 Å². The van der Waals surface area contributed by atoms with Crippen molar-refractivity contribution in [3.63, 3.8) is 0 Å². The zero-order valence-electron chi connectivity index (χ0n) is 20.8. The van der Waals surface area contributed by atoms with Gasteiger partial charge >= 0.3 is 0 Å². The summed E-state index contributed by atoms with van der Waals surface area (Å²) in [5.41, 5.74) is -2.69. The van der Waals surface area contributed by atoms with Crippen LogP contribution in [0.1, 0.15) is 55.4 Å². The Morgan fingerprint density at radius 2 is 0.517 bits per heavy atom. The monoisotopic (exact) mass is 556 g/mol. The topological polar surface area (TPSA) is 118 Å². The molecule has 0 radical (unpaired) electrons. The van der Waals surface area contributed by atoms with Crippen molar-refractivity contribution < 1.29 is 81.1 Å². The number of hydrogen-bond acceptors (Lipinski definition) is 8. The second-order valence-electron chi connectivity index (χ2n) is 8.98. The normalized spacial score (nSPS) is 11.6. The molecule has 0 unspecified atom stereocenters. The number of ether oxygens (including phenoxy) is 4. The van der Waals surface area contributed by atoms with Crippen LogP contribution in [0.15, 0.2) is 0 Å². The molecule has 0 saturated heterocycles. The maximum atomic E-state index is 8.89. The third-order valence-corrected chi connectivity index (χ3v) is 1.99. The van der Waals surface area contributed by atoms with Crippen LogP contribution in [-0.2, 0) is 18.9 Å². The molecule has 0 aliphatic heterocycles. The van der Waals surface area contributed by atoms with Crippen LogP contribution in [0, 0.1) is 41.7 Å². The Hall–Kier alpha value is 1.06. The van der Waals surface area contributed by atoms with E-state index < -0.39 is 22.4 Å². The van der Waals surface area contributed by atoms with Crippen molar-refractivity contribution in [2.45, 2.75) is 77.8 Å². The summed E-state index contributed by atoms with van der Waals surface area (Å²) in [6, 6.07) is 0. The van der Waals surface area contributed by atoms with Gasteiger partial charge in [0.25, 0.3) is 0 Å². The predicted octanol–water partition coefficient (Wildman–Crippen LogP) is 1.61. The summed E-state index contributed by atoms with van der Waals surface area (Å²) in [6.45, 7) is 15.2. The van der Waals surface area contributed by atoms with Crippen LogP contribution in [0.25, 0.3) is 0 Å². The summed E-state index contributed by atoms with van der Waals surface area (Å²) in [4.78, 5) is 0. The van der Waals surface area contributed by atoms with Crippen LogP contribution in [0.4, 0.5) is 0 Å².